The molecule has 6 heteroatoms. The third-order valence-corrected chi connectivity index (χ3v) is 10.6. The van der Waals surface area contributed by atoms with E-state index in [9.17, 15) is 15.0 Å². The number of rotatable bonds is 13. The Bertz CT molecular complexity index is 890. The van der Waals surface area contributed by atoms with E-state index in [1.165, 1.54) is 67.8 Å². The van der Waals surface area contributed by atoms with Crippen LogP contribution in [0.5, 0.6) is 5.75 Å². The number of unbranched alkanes of at least 4 members (excludes halogenated alkanes) is 6. The van der Waals surface area contributed by atoms with Gasteiger partial charge in [0.05, 0.1) is 12.2 Å². The maximum absolute atomic E-state index is 11.0. The summed E-state index contributed by atoms with van der Waals surface area (Å²) in [6.07, 6.45) is 12.6. The molecule has 2 fully saturated rings. The lowest BCUT2D eigenvalue weighted by Gasteiger charge is -2.53. The molecular formula is C31H48O5S. The van der Waals surface area contributed by atoms with E-state index < -0.39 is 12.2 Å². The number of hydrogen-bond acceptors (Lipinski definition) is 6. The largest absolute Gasteiger partial charge is 0.468 e. The number of carbonyl (C=O) groups excluding carboxylic acids is 1. The highest BCUT2D eigenvalue weighted by Crippen LogP contribution is 2.62. The van der Waals surface area contributed by atoms with E-state index in [0.717, 1.165) is 43.6 Å². The monoisotopic (exact) mass is 532 g/mol. The SMILES string of the molecule is COCOc1ccc2c(c1)C[C@@H](CCCCCCCCCSC(C)=O)[C@@H]1[C@@H]2CC[C@]2(C)[C@@H](O)[C@@H](O)C[C@@H]12. The van der Waals surface area contributed by atoms with Crippen LogP contribution in [-0.4, -0.2) is 47.2 Å². The number of fused-ring (bicyclic) bond motifs is 5. The molecule has 3 aliphatic rings. The molecule has 7 atom stereocenters. The van der Waals surface area contributed by atoms with E-state index in [1.54, 1.807) is 14.0 Å². The summed E-state index contributed by atoms with van der Waals surface area (Å²) in [5.74, 6) is 3.85. The summed E-state index contributed by atoms with van der Waals surface area (Å²) in [4.78, 5) is 11.0. The molecule has 37 heavy (non-hydrogen) atoms. The van der Waals surface area contributed by atoms with Crippen LogP contribution in [0.4, 0.5) is 0 Å². The van der Waals surface area contributed by atoms with Gasteiger partial charge in [0.2, 0.25) is 0 Å². The van der Waals surface area contributed by atoms with E-state index >= 15 is 0 Å². The van der Waals surface area contributed by atoms with Crippen LogP contribution in [0.25, 0.3) is 0 Å². The van der Waals surface area contributed by atoms with Crippen molar-refractivity contribution in [1.29, 1.82) is 0 Å². The van der Waals surface area contributed by atoms with E-state index in [-0.39, 0.29) is 17.3 Å². The Morgan fingerprint density at radius 1 is 1.11 bits per heavy atom. The van der Waals surface area contributed by atoms with Crippen LogP contribution in [0, 0.1) is 23.2 Å². The van der Waals surface area contributed by atoms with Crippen molar-refractivity contribution in [1.82, 2.24) is 0 Å². The summed E-state index contributed by atoms with van der Waals surface area (Å²) in [7, 11) is 1.65. The van der Waals surface area contributed by atoms with Gasteiger partial charge in [-0.3, -0.25) is 4.79 Å². The number of thioether (sulfide) groups is 1. The highest BCUT2D eigenvalue weighted by Gasteiger charge is 2.59. The van der Waals surface area contributed by atoms with Gasteiger partial charge in [0.1, 0.15) is 5.75 Å². The summed E-state index contributed by atoms with van der Waals surface area (Å²) >= 11 is 1.45. The Morgan fingerprint density at radius 3 is 2.57 bits per heavy atom. The third kappa shape index (κ3) is 6.74. The fraction of sp³-hybridized carbons (Fsp3) is 0.774. The van der Waals surface area contributed by atoms with Gasteiger partial charge < -0.3 is 19.7 Å². The van der Waals surface area contributed by atoms with E-state index in [0.29, 0.717) is 23.7 Å². The molecule has 2 saturated carbocycles. The van der Waals surface area contributed by atoms with Gasteiger partial charge in [-0.25, -0.2) is 0 Å². The topological polar surface area (TPSA) is 76.0 Å². The quantitative estimate of drug-likeness (QED) is 0.224. The smallest absolute Gasteiger partial charge is 0.188 e. The Labute approximate surface area is 228 Å². The van der Waals surface area contributed by atoms with Gasteiger partial charge in [0, 0.05) is 19.8 Å². The van der Waals surface area contributed by atoms with Gasteiger partial charge in [-0.2, -0.15) is 0 Å². The number of aliphatic hydroxyl groups is 2. The summed E-state index contributed by atoms with van der Waals surface area (Å²) in [5.41, 5.74) is 2.72. The van der Waals surface area contributed by atoms with Crippen molar-refractivity contribution in [2.45, 2.75) is 109 Å². The number of hydrogen-bond donors (Lipinski definition) is 2. The average molecular weight is 533 g/mol. The standard InChI is InChI=1S/C31H48O5S/c1-21(32)37-16-10-8-6-4-5-7-9-11-22-17-23-18-24(36-20-35-3)12-13-25(23)26-14-15-31(2)27(29(22)26)19-28(33)30(31)34/h12-13,18,22,26-30,33-34H,4-11,14-17,19-20H2,1-3H3/t22-,26-,27+,28+,29-,30+,31+/m1/s1. The molecule has 0 bridgehead atoms. The molecule has 1 aromatic carbocycles. The molecule has 208 valence electrons. The van der Waals surface area contributed by atoms with Crippen LogP contribution in [0.3, 0.4) is 0 Å². The van der Waals surface area contributed by atoms with Gasteiger partial charge in [-0.05, 0) is 90.9 Å². The van der Waals surface area contributed by atoms with Crippen LogP contribution in [0.15, 0.2) is 18.2 Å². The Hall–Kier alpha value is -1.08. The summed E-state index contributed by atoms with van der Waals surface area (Å²) in [6, 6.07) is 6.59. The number of methoxy groups -OCH3 is 1. The first kappa shape index (κ1) is 28.9. The van der Waals surface area contributed by atoms with Crippen molar-refractivity contribution in [2.75, 3.05) is 19.7 Å². The summed E-state index contributed by atoms with van der Waals surface area (Å²) in [6.45, 7) is 4.15. The van der Waals surface area contributed by atoms with Crippen molar-refractivity contribution < 1.29 is 24.5 Å². The number of aliphatic hydroxyl groups excluding tert-OH is 2. The minimum Gasteiger partial charge on any atom is -0.468 e. The van der Waals surface area contributed by atoms with Crippen LogP contribution >= 0.6 is 11.8 Å². The van der Waals surface area contributed by atoms with Gasteiger partial charge in [-0.1, -0.05) is 63.3 Å². The molecular weight excluding hydrogens is 484 g/mol. The van der Waals surface area contributed by atoms with Crippen LogP contribution in [-0.2, 0) is 16.0 Å². The highest BCUT2D eigenvalue weighted by molar-refractivity contribution is 8.13. The molecule has 4 rings (SSSR count). The molecule has 2 N–H and O–H groups in total. The first-order valence-corrected chi connectivity index (χ1v) is 15.6. The van der Waals surface area contributed by atoms with Crippen molar-refractivity contribution >= 4 is 16.9 Å². The average Bonchev–Trinajstić information content (AvgIpc) is 3.11. The van der Waals surface area contributed by atoms with E-state index in [4.69, 9.17) is 9.47 Å². The number of benzene rings is 1. The molecule has 3 aliphatic carbocycles. The van der Waals surface area contributed by atoms with Gasteiger partial charge in [0.25, 0.3) is 0 Å². The van der Waals surface area contributed by atoms with Crippen molar-refractivity contribution in [3.63, 3.8) is 0 Å². The second-order valence-electron chi connectivity index (χ2n) is 12.1. The van der Waals surface area contributed by atoms with Crippen LogP contribution < -0.4 is 4.74 Å². The molecule has 0 unspecified atom stereocenters. The number of carbonyl (C=O) groups is 1. The fourth-order valence-corrected chi connectivity index (χ4v) is 8.50. The van der Waals surface area contributed by atoms with Crippen LogP contribution in [0.1, 0.15) is 102 Å². The molecule has 5 nitrogen and oxygen atoms in total. The van der Waals surface area contributed by atoms with Gasteiger partial charge in [-0.15, -0.1) is 0 Å². The van der Waals surface area contributed by atoms with Crippen molar-refractivity contribution in [3.05, 3.63) is 29.3 Å². The van der Waals surface area contributed by atoms with Crippen molar-refractivity contribution in [2.24, 2.45) is 23.2 Å². The molecule has 0 aromatic heterocycles. The maximum Gasteiger partial charge on any atom is 0.188 e. The predicted molar refractivity (Wildman–Crippen MR) is 150 cm³/mol. The molecule has 0 heterocycles. The maximum atomic E-state index is 11.0. The van der Waals surface area contributed by atoms with Gasteiger partial charge >= 0.3 is 0 Å². The Balaban J connectivity index is 1.37. The Kier molecular flexibility index (Phi) is 10.4. The molecule has 0 spiro atoms. The molecule has 0 saturated heterocycles. The highest BCUT2D eigenvalue weighted by atomic mass is 32.2. The first-order chi connectivity index (χ1) is 17.8. The second-order valence-corrected chi connectivity index (χ2v) is 13.3. The Morgan fingerprint density at radius 2 is 1.84 bits per heavy atom. The zero-order valence-electron chi connectivity index (χ0n) is 23.1. The summed E-state index contributed by atoms with van der Waals surface area (Å²) < 4.78 is 10.9. The van der Waals surface area contributed by atoms with E-state index in [1.807, 2.05) is 0 Å². The number of ether oxygens (including phenoxy) is 2. The van der Waals surface area contributed by atoms with Crippen molar-refractivity contribution in [3.8, 4) is 5.75 Å². The molecule has 1 aromatic rings. The lowest BCUT2D eigenvalue weighted by atomic mass is 9.52. The minimum atomic E-state index is -0.598. The first-order valence-electron chi connectivity index (χ1n) is 14.6. The summed E-state index contributed by atoms with van der Waals surface area (Å²) in [5, 5.41) is 21.8. The second kappa shape index (κ2) is 13.3. The van der Waals surface area contributed by atoms with Crippen LogP contribution in [0.2, 0.25) is 0 Å². The molecule has 0 radical (unpaired) electrons. The molecule has 0 aliphatic heterocycles. The fourth-order valence-electron chi connectivity index (χ4n) is 7.87. The lowest BCUT2D eigenvalue weighted by molar-refractivity contribution is -0.109. The molecule has 0 amide bonds. The van der Waals surface area contributed by atoms with E-state index in [2.05, 4.69) is 25.1 Å². The third-order valence-electron chi connectivity index (χ3n) is 9.71. The van der Waals surface area contributed by atoms with Gasteiger partial charge in [0.15, 0.2) is 11.9 Å². The predicted octanol–water partition coefficient (Wildman–Crippen LogP) is 6.48. The normalized spacial score (nSPS) is 32.5. The zero-order chi connectivity index (χ0) is 26.4. The zero-order valence-corrected chi connectivity index (χ0v) is 23.9. The lowest BCUT2D eigenvalue weighted by Crippen LogP contribution is -2.47. The minimum absolute atomic E-state index is 0.168.